The molecule has 0 aliphatic carbocycles. The van der Waals surface area contributed by atoms with Gasteiger partial charge in [-0.25, -0.2) is 17.8 Å². The van der Waals surface area contributed by atoms with Crippen LogP contribution in [0.4, 0.5) is 13.2 Å². The van der Waals surface area contributed by atoms with Crippen LogP contribution in [0.15, 0.2) is 57.9 Å². The van der Waals surface area contributed by atoms with Gasteiger partial charge in [0.2, 0.25) is 4.80 Å². The van der Waals surface area contributed by atoms with E-state index < -0.39 is 11.6 Å². The van der Waals surface area contributed by atoms with Crippen LogP contribution in [0.1, 0.15) is 5.56 Å². The number of hydrogen-bond acceptors (Lipinski definition) is 4. The van der Waals surface area contributed by atoms with Gasteiger partial charge in [-0.2, -0.15) is 5.10 Å². The first-order chi connectivity index (χ1) is 13.1. The molecule has 0 amide bonds. The van der Waals surface area contributed by atoms with Gasteiger partial charge < -0.3 is 4.74 Å². The maximum absolute atomic E-state index is 13.9. The lowest BCUT2D eigenvalue weighted by Gasteiger charge is -2.04. The standard InChI is InChI=1S/C19H16F3N3OS/c1-26-9-8-23-19-25(24-11-14-4-7-16(21)10-17(14)22)18(12-27-19)13-2-5-15(20)6-3-13/h2-7,10-12H,8-9H2,1H3/b23-19?,24-11-. The lowest BCUT2D eigenvalue weighted by molar-refractivity contribution is 0.207. The first-order valence-corrected chi connectivity index (χ1v) is 8.92. The summed E-state index contributed by atoms with van der Waals surface area (Å²) in [6.45, 7) is 0.875. The Morgan fingerprint density at radius 1 is 1.07 bits per heavy atom. The summed E-state index contributed by atoms with van der Waals surface area (Å²) in [7, 11) is 1.58. The summed E-state index contributed by atoms with van der Waals surface area (Å²) < 4.78 is 46.7. The van der Waals surface area contributed by atoms with Gasteiger partial charge in [0.1, 0.15) is 17.5 Å². The summed E-state index contributed by atoms with van der Waals surface area (Å²) in [6, 6.07) is 9.21. The second-order valence-corrected chi connectivity index (χ2v) is 6.34. The third kappa shape index (κ3) is 4.72. The van der Waals surface area contributed by atoms with E-state index in [0.717, 1.165) is 17.7 Å². The molecule has 3 rings (SSSR count). The maximum Gasteiger partial charge on any atom is 0.206 e. The Labute approximate surface area is 157 Å². The molecule has 0 unspecified atom stereocenters. The van der Waals surface area contributed by atoms with Crippen molar-refractivity contribution < 1.29 is 17.9 Å². The molecule has 0 radical (unpaired) electrons. The maximum atomic E-state index is 13.9. The van der Waals surface area contributed by atoms with Crippen molar-refractivity contribution in [2.24, 2.45) is 10.1 Å². The molecule has 0 saturated carbocycles. The summed E-state index contributed by atoms with van der Waals surface area (Å²) in [5, 5.41) is 6.15. The number of methoxy groups -OCH3 is 1. The first-order valence-electron chi connectivity index (χ1n) is 8.04. The Bertz CT molecular complexity index is 1010. The van der Waals surface area contributed by atoms with Crippen molar-refractivity contribution in [3.63, 3.8) is 0 Å². The van der Waals surface area contributed by atoms with E-state index >= 15 is 0 Å². The molecule has 4 nitrogen and oxygen atoms in total. The number of hydrogen-bond donors (Lipinski definition) is 0. The number of halogens is 3. The van der Waals surface area contributed by atoms with Crippen molar-refractivity contribution in [1.82, 2.24) is 4.68 Å². The third-order valence-corrected chi connectivity index (χ3v) is 4.50. The molecule has 0 aliphatic rings. The zero-order chi connectivity index (χ0) is 19.2. The lowest BCUT2D eigenvalue weighted by Crippen LogP contribution is -2.14. The highest BCUT2D eigenvalue weighted by atomic mass is 32.1. The van der Waals surface area contributed by atoms with Crippen molar-refractivity contribution in [3.8, 4) is 11.3 Å². The molecule has 0 N–H and O–H groups in total. The minimum atomic E-state index is -0.712. The fourth-order valence-electron chi connectivity index (χ4n) is 2.30. The van der Waals surface area contributed by atoms with Gasteiger partial charge in [-0.05, 0) is 36.4 Å². The molecule has 3 aromatic rings. The Hall–Kier alpha value is -2.71. The number of ether oxygens (including phenoxy) is 1. The van der Waals surface area contributed by atoms with Gasteiger partial charge in [-0.15, -0.1) is 11.3 Å². The SMILES string of the molecule is COCCN=c1scc(-c2ccc(F)cc2)n1/N=C\c1ccc(F)cc1F. The minimum Gasteiger partial charge on any atom is -0.383 e. The van der Waals surface area contributed by atoms with Crippen LogP contribution < -0.4 is 4.80 Å². The Morgan fingerprint density at radius 3 is 2.52 bits per heavy atom. The molecule has 140 valence electrons. The van der Waals surface area contributed by atoms with Crippen molar-refractivity contribution in [1.29, 1.82) is 0 Å². The molecular weight excluding hydrogens is 375 g/mol. The number of thiazole rings is 1. The van der Waals surface area contributed by atoms with Crippen LogP contribution in [0.25, 0.3) is 11.3 Å². The van der Waals surface area contributed by atoms with E-state index in [9.17, 15) is 13.2 Å². The Morgan fingerprint density at radius 2 is 1.81 bits per heavy atom. The normalized spacial score (nSPS) is 12.2. The highest BCUT2D eigenvalue weighted by Gasteiger charge is 2.08. The Balaban J connectivity index is 2.04. The van der Waals surface area contributed by atoms with Crippen molar-refractivity contribution in [3.05, 3.63) is 75.7 Å². The molecule has 27 heavy (non-hydrogen) atoms. The smallest absolute Gasteiger partial charge is 0.206 e. The quantitative estimate of drug-likeness (QED) is 0.461. The molecule has 1 aromatic heterocycles. The average molecular weight is 391 g/mol. The predicted molar refractivity (Wildman–Crippen MR) is 99.4 cm³/mol. The highest BCUT2D eigenvalue weighted by Crippen LogP contribution is 2.20. The summed E-state index contributed by atoms with van der Waals surface area (Å²) in [6.07, 6.45) is 1.30. The second kappa shape index (κ2) is 8.79. The summed E-state index contributed by atoms with van der Waals surface area (Å²) in [4.78, 5) is 5.00. The van der Waals surface area contributed by atoms with Gasteiger partial charge in [0.05, 0.1) is 25.1 Å². The molecule has 0 saturated heterocycles. The topological polar surface area (TPSA) is 38.9 Å². The van der Waals surface area contributed by atoms with Gasteiger partial charge >= 0.3 is 0 Å². The van der Waals surface area contributed by atoms with E-state index in [1.165, 1.54) is 40.4 Å². The van der Waals surface area contributed by atoms with Crippen LogP contribution in [-0.4, -0.2) is 31.2 Å². The van der Waals surface area contributed by atoms with E-state index in [2.05, 4.69) is 10.1 Å². The zero-order valence-corrected chi connectivity index (χ0v) is 15.2. The number of rotatable bonds is 6. The van der Waals surface area contributed by atoms with E-state index in [4.69, 9.17) is 4.74 Å². The third-order valence-electron chi connectivity index (χ3n) is 3.64. The van der Waals surface area contributed by atoms with Gasteiger partial charge in [0.25, 0.3) is 0 Å². The fourth-order valence-corrected chi connectivity index (χ4v) is 3.16. The van der Waals surface area contributed by atoms with Crippen LogP contribution in [-0.2, 0) is 4.74 Å². The monoisotopic (exact) mass is 391 g/mol. The first kappa shape index (κ1) is 19.1. The highest BCUT2D eigenvalue weighted by molar-refractivity contribution is 7.07. The molecular formula is C19H16F3N3OS. The van der Waals surface area contributed by atoms with Crippen LogP contribution in [0, 0.1) is 17.5 Å². The second-order valence-electron chi connectivity index (χ2n) is 5.51. The fraction of sp³-hybridized carbons (Fsp3) is 0.158. The van der Waals surface area contributed by atoms with Crippen LogP contribution in [0.5, 0.6) is 0 Å². The van der Waals surface area contributed by atoms with Gasteiger partial charge in [0.15, 0.2) is 0 Å². The van der Waals surface area contributed by atoms with E-state index in [1.807, 2.05) is 5.38 Å². The van der Waals surface area contributed by atoms with Gasteiger partial charge in [-0.3, -0.25) is 4.99 Å². The van der Waals surface area contributed by atoms with E-state index in [0.29, 0.717) is 23.6 Å². The average Bonchev–Trinajstić information content (AvgIpc) is 3.05. The molecule has 1 heterocycles. The minimum absolute atomic E-state index is 0.142. The molecule has 0 fully saturated rings. The molecule has 2 aromatic carbocycles. The van der Waals surface area contributed by atoms with E-state index in [-0.39, 0.29) is 11.4 Å². The zero-order valence-electron chi connectivity index (χ0n) is 14.4. The van der Waals surface area contributed by atoms with Crippen molar-refractivity contribution in [2.75, 3.05) is 20.3 Å². The number of aromatic nitrogens is 1. The largest absolute Gasteiger partial charge is 0.383 e. The number of nitrogens with zero attached hydrogens (tertiary/aromatic N) is 3. The molecule has 0 bridgehead atoms. The molecule has 0 atom stereocenters. The van der Waals surface area contributed by atoms with Crippen LogP contribution in [0.3, 0.4) is 0 Å². The molecule has 0 aliphatic heterocycles. The van der Waals surface area contributed by atoms with E-state index in [1.54, 1.807) is 19.2 Å². The summed E-state index contributed by atoms with van der Waals surface area (Å²) in [5.74, 6) is -1.71. The van der Waals surface area contributed by atoms with Crippen LogP contribution in [0.2, 0.25) is 0 Å². The lowest BCUT2D eigenvalue weighted by atomic mass is 10.2. The Kier molecular flexibility index (Phi) is 6.20. The van der Waals surface area contributed by atoms with Crippen LogP contribution >= 0.6 is 11.3 Å². The number of benzene rings is 2. The molecule has 0 spiro atoms. The van der Waals surface area contributed by atoms with Crippen molar-refractivity contribution >= 4 is 17.6 Å². The van der Waals surface area contributed by atoms with Gasteiger partial charge in [-0.1, -0.05) is 0 Å². The summed E-state index contributed by atoms with van der Waals surface area (Å²) >= 11 is 1.35. The predicted octanol–water partition coefficient (Wildman–Crippen LogP) is 4.06. The van der Waals surface area contributed by atoms with Gasteiger partial charge in [0, 0.05) is 29.7 Å². The molecule has 8 heteroatoms. The van der Waals surface area contributed by atoms with Crippen molar-refractivity contribution in [2.45, 2.75) is 0 Å². The summed E-state index contributed by atoms with van der Waals surface area (Å²) in [5.41, 5.74) is 1.55.